The van der Waals surface area contributed by atoms with Crippen LogP contribution >= 0.6 is 15.9 Å². The smallest absolute Gasteiger partial charge is 0.430 e. The number of ether oxygens (including phenoxy) is 2. The topological polar surface area (TPSA) is 93.0 Å². The molecule has 1 aromatic carbocycles. The number of aliphatic hydroxyl groups is 1. The van der Waals surface area contributed by atoms with Gasteiger partial charge in [-0.1, -0.05) is 15.9 Å². The Bertz CT molecular complexity index is 862. The number of halogens is 4. The fourth-order valence-electron chi connectivity index (χ4n) is 3.24. The van der Waals surface area contributed by atoms with E-state index in [1.54, 1.807) is 19.1 Å². The Hall–Kier alpha value is -2.34. The highest BCUT2D eigenvalue weighted by molar-refractivity contribution is 9.10. The zero-order valence-corrected chi connectivity index (χ0v) is 17.4. The molecule has 8 nitrogen and oxygen atoms in total. The van der Waals surface area contributed by atoms with Gasteiger partial charge in [0.15, 0.2) is 0 Å². The van der Waals surface area contributed by atoms with Gasteiger partial charge in [0.1, 0.15) is 5.75 Å². The second-order valence-electron chi connectivity index (χ2n) is 6.77. The summed E-state index contributed by atoms with van der Waals surface area (Å²) < 4.78 is 50.9. The number of nitrogens with zero attached hydrogens (tertiary/aromatic N) is 3. The number of aliphatic hydroxyl groups excluding tert-OH is 1. The molecule has 1 N–H and O–H groups in total. The third-order valence-corrected chi connectivity index (χ3v) is 5.10. The first kappa shape index (κ1) is 22.3. The number of hydrogen-bond donors (Lipinski definition) is 1. The highest BCUT2D eigenvalue weighted by atomic mass is 79.9. The van der Waals surface area contributed by atoms with E-state index >= 15 is 0 Å². The van der Waals surface area contributed by atoms with Crippen LogP contribution in [0.25, 0.3) is 6.08 Å². The van der Waals surface area contributed by atoms with E-state index < -0.39 is 30.6 Å². The molecule has 30 heavy (non-hydrogen) atoms. The number of alkyl halides is 3. The Kier molecular flexibility index (Phi) is 6.86. The van der Waals surface area contributed by atoms with Crippen molar-refractivity contribution in [2.45, 2.75) is 38.1 Å². The molecule has 0 bridgehead atoms. The highest BCUT2D eigenvalue weighted by Gasteiger charge is 2.49. The lowest BCUT2D eigenvalue weighted by Gasteiger charge is -2.28. The molecule has 2 heterocycles. The molecule has 0 saturated carbocycles. The summed E-state index contributed by atoms with van der Waals surface area (Å²) in [7, 11) is 0. The number of fused-ring (bicyclic) bond motifs is 1. The first-order chi connectivity index (χ1) is 14.2. The Morgan fingerprint density at radius 1 is 1.43 bits per heavy atom. The summed E-state index contributed by atoms with van der Waals surface area (Å²) in [5.74, 6) is -1.20. The van der Waals surface area contributed by atoms with Gasteiger partial charge in [-0.3, -0.25) is 5.01 Å². The molecule has 0 aromatic heterocycles. The maximum Gasteiger partial charge on any atom is 0.430 e. The van der Waals surface area contributed by atoms with Gasteiger partial charge in [-0.15, -0.1) is 0 Å². The van der Waals surface area contributed by atoms with Crippen LogP contribution in [-0.2, 0) is 14.4 Å². The van der Waals surface area contributed by atoms with Gasteiger partial charge in [0, 0.05) is 21.9 Å². The first-order valence-corrected chi connectivity index (χ1v) is 9.82. The lowest BCUT2D eigenvalue weighted by atomic mass is 9.99. The second kappa shape index (κ2) is 9.21. The van der Waals surface area contributed by atoms with E-state index in [1.807, 2.05) is 0 Å². The molecule has 0 radical (unpaired) electrons. The normalized spacial score (nSPS) is 21.3. The average Bonchev–Trinajstić information content (AvgIpc) is 3.13. The largest absolute Gasteiger partial charge is 0.475 e. The molecule has 164 valence electrons. The summed E-state index contributed by atoms with van der Waals surface area (Å²) in [6, 6.07) is 2.99. The van der Waals surface area contributed by atoms with Crippen LogP contribution in [0.3, 0.4) is 0 Å². The number of benzene rings is 1. The van der Waals surface area contributed by atoms with Gasteiger partial charge in [0.05, 0.1) is 18.2 Å². The van der Waals surface area contributed by atoms with Crippen molar-refractivity contribution in [3.05, 3.63) is 33.3 Å². The molecular formula is C18H19BrF3N3O5. The van der Waals surface area contributed by atoms with Gasteiger partial charge in [-0.05, 0) is 48.8 Å². The van der Waals surface area contributed by atoms with Crippen molar-refractivity contribution < 1.29 is 37.4 Å². The summed E-state index contributed by atoms with van der Waals surface area (Å²) in [5.41, 5.74) is 0.107. The summed E-state index contributed by atoms with van der Waals surface area (Å²) in [5, 5.41) is 17.8. The number of aryl methyl sites for hydroxylation is 1. The molecule has 0 amide bonds. The van der Waals surface area contributed by atoms with E-state index in [0.717, 1.165) is 18.9 Å². The Morgan fingerprint density at radius 2 is 2.20 bits per heavy atom. The zero-order chi connectivity index (χ0) is 21.9. The van der Waals surface area contributed by atoms with Crippen LogP contribution in [0, 0.1) is 6.92 Å². The van der Waals surface area contributed by atoms with Gasteiger partial charge in [0.2, 0.25) is 6.10 Å². The Balaban J connectivity index is 1.67. The quantitative estimate of drug-likeness (QED) is 0.213. The number of rotatable bonds is 6. The SMILES string of the molecule is Cc1cc(Br)cc2c1O[C@H](C(F)(F)F)C(C(=O)OCON=NN1CCC[C@H]1CO)=C2. The van der Waals surface area contributed by atoms with Crippen molar-refractivity contribution in [2.75, 3.05) is 19.9 Å². The lowest BCUT2D eigenvalue weighted by molar-refractivity contribution is -0.190. The lowest BCUT2D eigenvalue weighted by Crippen LogP contribution is -2.41. The van der Waals surface area contributed by atoms with Crippen molar-refractivity contribution in [1.82, 2.24) is 5.01 Å². The third-order valence-electron chi connectivity index (χ3n) is 4.64. The Morgan fingerprint density at radius 3 is 2.90 bits per heavy atom. The number of hydrogen-bond acceptors (Lipinski definition) is 7. The van der Waals surface area contributed by atoms with Crippen molar-refractivity contribution >= 4 is 28.0 Å². The summed E-state index contributed by atoms with van der Waals surface area (Å²) in [6.07, 6.45) is -4.60. The molecule has 12 heteroatoms. The summed E-state index contributed by atoms with van der Waals surface area (Å²) in [4.78, 5) is 17.0. The number of carbonyl (C=O) groups excluding carboxylic acids is 1. The number of carbonyl (C=O) groups is 1. The van der Waals surface area contributed by atoms with Crippen LogP contribution in [0.5, 0.6) is 5.75 Å². The van der Waals surface area contributed by atoms with Crippen LogP contribution in [0.15, 0.2) is 32.7 Å². The maximum absolute atomic E-state index is 13.5. The van der Waals surface area contributed by atoms with Crippen LogP contribution in [0.4, 0.5) is 13.2 Å². The zero-order valence-electron chi connectivity index (χ0n) is 15.9. The highest BCUT2D eigenvalue weighted by Crippen LogP contribution is 2.40. The minimum atomic E-state index is -4.82. The molecule has 3 rings (SSSR count). The average molecular weight is 494 g/mol. The van der Waals surface area contributed by atoms with Gasteiger partial charge in [-0.2, -0.15) is 13.2 Å². The monoisotopic (exact) mass is 493 g/mol. The first-order valence-electron chi connectivity index (χ1n) is 9.03. The van der Waals surface area contributed by atoms with E-state index in [2.05, 4.69) is 26.4 Å². The van der Waals surface area contributed by atoms with E-state index in [1.165, 1.54) is 5.01 Å². The molecule has 1 aromatic rings. The minimum absolute atomic E-state index is 0.0474. The summed E-state index contributed by atoms with van der Waals surface area (Å²) >= 11 is 3.26. The molecular weight excluding hydrogens is 475 g/mol. The van der Waals surface area contributed by atoms with Crippen LogP contribution in [0.1, 0.15) is 24.0 Å². The fraction of sp³-hybridized carbons (Fsp3) is 0.500. The predicted molar refractivity (Wildman–Crippen MR) is 101 cm³/mol. The molecule has 2 aliphatic heterocycles. The van der Waals surface area contributed by atoms with Gasteiger partial charge in [-0.25, -0.2) is 4.79 Å². The number of esters is 1. The van der Waals surface area contributed by atoms with Crippen LogP contribution in [0.2, 0.25) is 0 Å². The molecule has 0 aliphatic carbocycles. The Labute approximate surface area is 178 Å². The molecule has 2 atom stereocenters. The van der Waals surface area contributed by atoms with Crippen molar-refractivity contribution in [1.29, 1.82) is 0 Å². The van der Waals surface area contributed by atoms with Crippen LogP contribution < -0.4 is 4.74 Å². The van der Waals surface area contributed by atoms with E-state index in [4.69, 9.17) is 14.3 Å². The van der Waals surface area contributed by atoms with E-state index in [0.29, 0.717) is 22.1 Å². The van der Waals surface area contributed by atoms with Gasteiger partial charge < -0.3 is 19.4 Å². The third kappa shape index (κ3) is 5.04. The van der Waals surface area contributed by atoms with Crippen molar-refractivity contribution in [3.63, 3.8) is 0 Å². The second-order valence-corrected chi connectivity index (χ2v) is 7.69. The van der Waals surface area contributed by atoms with E-state index in [-0.39, 0.29) is 18.4 Å². The predicted octanol–water partition coefficient (Wildman–Crippen LogP) is 3.72. The molecule has 0 unspecified atom stereocenters. The summed E-state index contributed by atoms with van der Waals surface area (Å²) in [6.45, 7) is 1.38. The van der Waals surface area contributed by atoms with E-state index in [9.17, 15) is 23.1 Å². The minimum Gasteiger partial charge on any atom is -0.475 e. The molecule has 2 aliphatic rings. The van der Waals surface area contributed by atoms with Crippen molar-refractivity contribution in [3.8, 4) is 5.75 Å². The van der Waals surface area contributed by atoms with Crippen molar-refractivity contribution in [2.24, 2.45) is 10.5 Å². The molecule has 1 fully saturated rings. The van der Waals surface area contributed by atoms with Gasteiger partial charge in [0.25, 0.3) is 6.79 Å². The fourth-order valence-corrected chi connectivity index (χ4v) is 3.83. The molecule has 1 saturated heterocycles. The molecule has 0 spiro atoms. The van der Waals surface area contributed by atoms with Crippen LogP contribution in [-0.4, -0.2) is 54.4 Å². The maximum atomic E-state index is 13.5. The standard InChI is InChI=1S/C18H19BrF3N3O5/c1-10-5-12(19)6-11-7-14(16(18(20,21)22)30-15(10)11)17(27)28-9-29-24-23-25-4-2-3-13(25)8-26/h5-7,13,16,26H,2-4,8-9H2,1H3/t13-,16-/m0/s1. The van der Waals surface area contributed by atoms with Gasteiger partial charge >= 0.3 is 12.1 Å².